The summed E-state index contributed by atoms with van der Waals surface area (Å²) in [6.07, 6.45) is 1.37. The Morgan fingerprint density at radius 1 is 1.63 bits per heavy atom. The first kappa shape index (κ1) is 14.0. The molecule has 1 fully saturated rings. The second-order valence-electron chi connectivity index (χ2n) is 5.10. The monoisotopic (exact) mass is 279 g/mol. The number of amides is 1. The topological polar surface area (TPSA) is 76.4 Å². The second kappa shape index (κ2) is 5.70. The minimum absolute atomic E-state index is 0.111. The molecule has 0 radical (unpaired) electrons. The van der Waals surface area contributed by atoms with E-state index >= 15 is 0 Å². The lowest BCUT2D eigenvalue weighted by molar-refractivity contribution is -0.118. The maximum atomic E-state index is 11.9. The van der Waals surface area contributed by atoms with Crippen LogP contribution in [0.25, 0.3) is 0 Å². The molecule has 0 unspecified atom stereocenters. The quantitative estimate of drug-likeness (QED) is 0.877. The molecule has 1 aromatic heterocycles. The lowest BCUT2D eigenvalue weighted by Crippen LogP contribution is -2.45. The summed E-state index contributed by atoms with van der Waals surface area (Å²) in [6, 6.07) is 3.74. The molecule has 102 valence electrons. The molecule has 2 N–H and O–H groups in total. The second-order valence-corrected chi connectivity index (χ2v) is 6.01. The van der Waals surface area contributed by atoms with Crippen molar-refractivity contribution in [2.75, 3.05) is 25.0 Å². The van der Waals surface area contributed by atoms with Crippen molar-refractivity contribution in [2.45, 2.75) is 25.4 Å². The van der Waals surface area contributed by atoms with Crippen LogP contribution in [0.5, 0.6) is 0 Å². The highest BCUT2D eigenvalue weighted by atomic mass is 32.1. The Hall–Kier alpha value is -1.42. The molecule has 19 heavy (non-hydrogen) atoms. The van der Waals surface area contributed by atoms with Gasteiger partial charge in [0.15, 0.2) is 0 Å². The average Bonchev–Trinajstić information content (AvgIpc) is 2.79. The average molecular weight is 279 g/mol. The number of hydrogen-bond acceptors (Lipinski definition) is 5. The van der Waals surface area contributed by atoms with E-state index in [9.17, 15) is 9.90 Å². The largest absolute Gasteiger partial charge is 0.390 e. The van der Waals surface area contributed by atoms with Gasteiger partial charge in [-0.25, -0.2) is 0 Å². The van der Waals surface area contributed by atoms with Crippen LogP contribution in [0.1, 0.15) is 25.3 Å². The van der Waals surface area contributed by atoms with Gasteiger partial charge < -0.3 is 10.4 Å². The lowest BCUT2D eigenvalue weighted by atomic mass is 9.94. The molecule has 0 spiro atoms. The number of aliphatic hydroxyl groups is 1. The van der Waals surface area contributed by atoms with Crippen LogP contribution in [0.15, 0.2) is 11.4 Å². The third-order valence-electron chi connectivity index (χ3n) is 3.34. The summed E-state index contributed by atoms with van der Waals surface area (Å²) >= 11 is 1.35. The number of carbonyl (C=O) groups excluding carboxylic acids is 1. The Bertz CT molecular complexity index is 494. The minimum atomic E-state index is -0.602. The fraction of sp³-hybridized carbons (Fsp3) is 0.538. The van der Waals surface area contributed by atoms with Crippen molar-refractivity contribution >= 4 is 22.2 Å². The number of nitrogens with one attached hydrogen (secondary N) is 1. The Morgan fingerprint density at radius 2 is 2.32 bits per heavy atom. The van der Waals surface area contributed by atoms with Gasteiger partial charge >= 0.3 is 0 Å². The summed E-state index contributed by atoms with van der Waals surface area (Å²) in [7, 11) is 0. The summed E-state index contributed by atoms with van der Waals surface area (Å²) < 4.78 is 0. The smallest absolute Gasteiger partial charge is 0.239 e. The molecule has 0 aromatic carbocycles. The third kappa shape index (κ3) is 3.77. The summed E-state index contributed by atoms with van der Waals surface area (Å²) in [5, 5.41) is 23.9. The molecule has 1 aliphatic heterocycles. The van der Waals surface area contributed by atoms with Gasteiger partial charge in [-0.1, -0.05) is 0 Å². The molecular weight excluding hydrogens is 262 g/mol. The Balaban J connectivity index is 1.84. The zero-order valence-electron chi connectivity index (χ0n) is 10.8. The SMILES string of the molecule is CC1(O)CCN(CC(=O)Nc2sccc2C#N)CC1. The van der Waals surface area contributed by atoms with Crippen LogP contribution >= 0.6 is 11.3 Å². The van der Waals surface area contributed by atoms with Gasteiger partial charge in [0, 0.05) is 13.1 Å². The van der Waals surface area contributed by atoms with E-state index in [2.05, 4.69) is 5.32 Å². The van der Waals surface area contributed by atoms with Crippen molar-refractivity contribution in [3.05, 3.63) is 17.0 Å². The van der Waals surface area contributed by atoms with Crippen LogP contribution in [0.3, 0.4) is 0 Å². The van der Waals surface area contributed by atoms with E-state index in [-0.39, 0.29) is 5.91 Å². The number of rotatable bonds is 3. The number of nitrogens with zero attached hydrogens (tertiary/aromatic N) is 2. The number of anilines is 1. The van der Waals surface area contributed by atoms with Gasteiger partial charge in [0.1, 0.15) is 11.1 Å². The van der Waals surface area contributed by atoms with Crippen molar-refractivity contribution < 1.29 is 9.90 Å². The van der Waals surface area contributed by atoms with E-state index in [0.29, 0.717) is 30.0 Å². The van der Waals surface area contributed by atoms with Crippen LogP contribution in [0.2, 0.25) is 0 Å². The van der Waals surface area contributed by atoms with Gasteiger partial charge in [0.05, 0.1) is 17.7 Å². The fourth-order valence-corrected chi connectivity index (χ4v) is 2.81. The van der Waals surface area contributed by atoms with Crippen molar-refractivity contribution in [1.29, 1.82) is 5.26 Å². The zero-order valence-corrected chi connectivity index (χ0v) is 11.7. The van der Waals surface area contributed by atoms with Crippen LogP contribution in [0.4, 0.5) is 5.00 Å². The molecule has 5 nitrogen and oxygen atoms in total. The maximum absolute atomic E-state index is 11.9. The van der Waals surface area contributed by atoms with E-state index in [1.165, 1.54) is 11.3 Å². The highest BCUT2D eigenvalue weighted by molar-refractivity contribution is 7.14. The summed E-state index contributed by atoms with van der Waals surface area (Å²) in [4.78, 5) is 13.9. The highest BCUT2D eigenvalue weighted by Gasteiger charge is 2.28. The molecule has 0 saturated carbocycles. The van der Waals surface area contributed by atoms with Gasteiger partial charge in [-0.15, -0.1) is 11.3 Å². The molecule has 2 heterocycles. The fourth-order valence-electron chi connectivity index (χ4n) is 2.06. The molecule has 2 rings (SSSR count). The predicted octanol–water partition coefficient (Wildman–Crippen LogP) is 1.41. The van der Waals surface area contributed by atoms with Crippen LogP contribution < -0.4 is 5.32 Å². The number of thiophene rings is 1. The van der Waals surface area contributed by atoms with Crippen LogP contribution in [-0.2, 0) is 4.79 Å². The van der Waals surface area contributed by atoms with Crippen molar-refractivity contribution in [3.8, 4) is 6.07 Å². The Morgan fingerprint density at radius 3 is 2.95 bits per heavy atom. The molecule has 0 bridgehead atoms. The first-order valence-corrected chi connectivity index (χ1v) is 7.10. The van der Waals surface area contributed by atoms with Crippen molar-refractivity contribution in [1.82, 2.24) is 4.90 Å². The van der Waals surface area contributed by atoms with E-state index in [1.54, 1.807) is 11.4 Å². The van der Waals surface area contributed by atoms with Gasteiger partial charge in [-0.2, -0.15) is 5.26 Å². The third-order valence-corrected chi connectivity index (χ3v) is 4.17. The van der Waals surface area contributed by atoms with Gasteiger partial charge in [-0.05, 0) is 31.2 Å². The summed E-state index contributed by atoms with van der Waals surface area (Å²) in [5.74, 6) is -0.111. The maximum Gasteiger partial charge on any atom is 0.239 e. The molecule has 1 aromatic rings. The molecule has 1 aliphatic rings. The lowest BCUT2D eigenvalue weighted by Gasteiger charge is -2.35. The normalized spacial score (nSPS) is 18.8. The van der Waals surface area contributed by atoms with E-state index in [1.807, 2.05) is 17.9 Å². The van der Waals surface area contributed by atoms with Crippen molar-refractivity contribution in [3.63, 3.8) is 0 Å². The van der Waals surface area contributed by atoms with Crippen molar-refractivity contribution in [2.24, 2.45) is 0 Å². The van der Waals surface area contributed by atoms with E-state index < -0.39 is 5.60 Å². The first-order chi connectivity index (χ1) is 9.00. The van der Waals surface area contributed by atoms with E-state index in [0.717, 1.165) is 13.1 Å². The zero-order chi connectivity index (χ0) is 13.9. The molecule has 1 saturated heterocycles. The number of hydrogen-bond donors (Lipinski definition) is 2. The molecular formula is C13H17N3O2S. The molecule has 1 amide bonds. The standard InChI is InChI=1S/C13H17N3O2S/c1-13(18)3-5-16(6-4-13)9-11(17)15-12-10(8-14)2-7-19-12/h2,7,18H,3-6,9H2,1H3,(H,15,17). The first-order valence-electron chi connectivity index (χ1n) is 6.22. The summed E-state index contributed by atoms with van der Waals surface area (Å²) in [6.45, 7) is 3.57. The number of piperidine rings is 1. The van der Waals surface area contributed by atoms with Crippen LogP contribution in [0, 0.1) is 11.3 Å². The number of nitriles is 1. The van der Waals surface area contributed by atoms with E-state index in [4.69, 9.17) is 5.26 Å². The Kier molecular flexibility index (Phi) is 4.20. The van der Waals surface area contributed by atoms with Gasteiger partial charge in [-0.3, -0.25) is 9.69 Å². The highest BCUT2D eigenvalue weighted by Crippen LogP contribution is 2.23. The molecule has 0 aliphatic carbocycles. The minimum Gasteiger partial charge on any atom is -0.390 e. The number of carbonyl (C=O) groups is 1. The Labute approximate surface area is 116 Å². The molecule has 6 heteroatoms. The van der Waals surface area contributed by atoms with Crippen LogP contribution in [-0.4, -0.2) is 41.1 Å². The predicted molar refractivity (Wildman–Crippen MR) is 74.0 cm³/mol. The summed E-state index contributed by atoms with van der Waals surface area (Å²) in [5.41, 5.74) is -0.103. The number of likely N-dealkylation sites (tertiary alicyclic amines) is 1. The van der Waals surface area contributed by atoms with Gasteiger partial charge in [0.25, 0.3) is 0 Å². The van der Waals surface area contributed by atoms with Gasteiger partial charge in [0.2, 0.25) is 5.91 Å². The molecule has 0 atom stereocenters.